The summed E-state index contributed by atoms with van der Waals surface area (Å²) in [6.45, 7) is 6.13. The van der Waals surface area contributed by atoms with Gasteiger partial charge in [0.15, 0.2) is 0 Å². The van der Waals surface area contributed by atoms with Crippen molar-refractivity contribution in [3.8, 4) is 0 Å². The van der Waals surface area contributed by atoms with E-state index in [1.807, 2.05) is 30.5 Å². The summed E-state index contributed by atoms with van der Waals surface area (Å²) in [5, 5.41) is 7.40. The molecule has 0 radical (unpaired) electrons. The summed E-state index contributed by atoms with van der Waals surface area (Å²) in [6.07, 6.45) is 6.44. The number of hydrogen-bond donors (Lipinski definition) is 1. The van der Waals surface area contributed by atoms with Crippen molar-refractivity contribution in [2.45, 2.75) is 39.5 Å². The summed E-state index contributed by atoms with van der Waals surface area (Å²) >= 11 is 0. The Kier molecular flexibility index (Phi) is 6.44. The lowest BCUT2D eigenvalue weighted by Gasteiger charge is -2.33. The first-order valence-corrected chi connectivity index (χ1v) is 9.90. The molecule has 2 aromatic heterocycles. The molecule has 28 heavy (non-hydrogen) atoms. The number of pyridine rings is 1. The Morgan fingerprint density at radius 1 is 1.32 bits per heavy atom. The molecule has 0 aliphatic carbocycles. The van der Waals surface area contributed by atoms with Gasteiger partial charge in [-0.1, -0.05) is 0 Å². The smallest absolute Gasteiger partial charge is 0.252 e. The minimum Gasteiger partial charge on any atom is -0.352 e. The van der Waals surface area contributed by atoms with E-state index >= 15 is 0 Å². The summed E-state index contributed by atoms with van der Waals surface area (Å²) in [5.74, 6) is 0.366. The Morgan fingerprint density at radius 2 is 2.14 bits per heavy atom. The molecule has 3 rings (SSSR count). The van der Waals surface area contributed by atoms with Crippen molar-refractivity contribution < 1.29 is 9.59 Å². The number of likely N-dealkylation sites (tertiary alicyclic amines) is 1. The summed E-state index contributed by atoms with van der Waals surface area (Å²) in [5.41, 5.74) is 3.86. The third kappa shape index (κ3) is 4.77. The number of nitrogens with one attached hydrogen (secondary N) is 1. The van der Waals surface area contributed by atoms with Gasteiger partial charge in [-0.3, -0.25) is 19.3 Å². The van der Waals surface area contributed by atoms with Crippen LogP contribution in [0.15, 0.2) is 24.5 Å². The molecule has 3 heterocycles. The van der Waals surface area contributed by atoms with E-state index in [-0.39, 0.29) is 11.8 Å². The molecule has 0 aromatic carbocycles. The van der Waals surface area contributed by atoms with Crippen LogP contribution in [0.2, 0.25) is 0 Å². The highest BCUT2D eigenvalue weighted by atomic mass is 16.2. The average Bonchev–Trinajstić information content (AvgIpc) is 2.96. The fraction of sp³-hybridized carbons (Fsp3) is 0.524. The first kappa shape index (κ1) is 20.0. The molecule has 7 nitrogen and oxygen atoms in total. The Hall–Kier alpha value is -2.70. The van der Waals surface area contributed by atoms with Gasteiger partial charge in [0.25, 0.3) is 5.91 Å². The Morgan fingerprint density at radius 3 is 2.82 bits per heavy atom. The highest BCUT2D eigenvalue weighted by molar-refractivity contribution is 5.93. The molecule has 1 saturated heterocycles. The van der Waals surface area contributed by atoms with Gasteiger partial charge in [0.1, 0.15) is 0 Å². The second kappa shape index (κ2) is 8.99. The van der Waals surface area contributed by atoms with Gasteiger partial charge in [-0.2, -0.15) is 5.10 Å². The van der Waals surface area contributed by atoms with Gasteiger partial charge in [0.2, 0.25) is 5.91 Å². The van der Waals surface area contributed by atoms with E-state index in [0.29, 0.717) is 31.0 Å². The normalized spacial score (nSPS) is 16.8. The van der Waals surface area contributed by atoms with Crippen LogP contribution in [0.4, 0.5) is 0 Å². The number of nitrogens with zero attached hydrogens (tertiary/aromatic N) is 4. The zero-order chi connectivity index (χ0) is 20.1. The summed E-state index contributed by atoms with van der Waals surface area (Å²) in [7, 11) is 1.93. The lowest BCUT2D eigenvalue weighted by Crippen LogP contribution is -2.43. The third-order valence-electron chi connectivity index (χ3n) is 5.59. The van der Waals surface area contributed by atoms with Crippen molar-refractivity contribution in [1.82, 2.24) is 25.0 Å². The van der Waals surface area contributed by atoms with E-state index in [2.05, 4.69) is 15.4 Å². The lowest BCUT2D eigenvalue weighted by molar-refractivity contribution is -0.132. The second-order valence-electron chi connectivity index (χ2n) is 7.57. The zero-order valence-electron chi connectivity index (χ0n) is 16.9. The maximum atomic E-state index is 12.7. The number of hydrogen-bond acceptors (Lipinski definition) is 4. The van der Waals surface area contributed by atoms with Gasteiger partial charge in [-0.05, 0) is 56.7 Å². The largest absolute Gasteiger partial charge is 0.352 e. The SMILES string of the molecule is Cc1nn(C)c(C)c1CCC(=O)N1CCC[C@H](CNC(=O)c2cccnc2)C1. The monoisotopic (exact) mass is 383 g/mol. The molecule has 1 atom stereocenters. The maximum Gasteiger partial charge on any atom is 0.252 e. The fourth-order valence-electron chi connectivity index (χ4n) is 3.86. The molecule has 0 saturated carbocycles. The minimum absolute atomic E-state index is 0.112. The van der Waals surface area contributed by atoms with E-state index in [4.69, 9.17) is 0 Å². The number of rotatable bonds is 6. The third-order valence-corrected chi connectivity index (χ3v) is 5.59. The molecule has 2 aromatic rings. The van der Waals surface area contributed by atoms with Gasteiger partial charge in [-0.25, -0.2) is 0 Å². The van der Waals surface area contributed by atoms with Crippen LogP contribution >= 0.6 is 0 Å². The molecule has 1 fully saturated rings. The van der Waals surface area contributed by atoms with E-state index in [0.717, 1.165) is 37.2 Å². The van der Waals surface area contributed by atoms with E-state index in [1.54, 1.807) is 24.5 Å². The Bertz CT molecular complexity index is 831. The number of aryl methyl sites for hydroxylation is 2. The van der Waals surface area contributed by atoms with Crippen molar-refractivity contribution >= 4 is 11.8 Å². The maximum absolute atomic E-state index is 12.7. The predicted octanol–water partition coefficient (Wildman–Crippen LogP) is 2.03. The van der Waals surface area contributed by atoms with Crippen molar-refractivity contribution in [3.05, 3.63) is 47.0 Å². The van der Waals surface area contributed by atoms with Crippen molar-refractivity contribution in [1.29, 1.82) is 0 Å². The van der Waals surface area contributed by atoms with Gasteiger partial charge >= 0.3 is 0 Å². The molecule has 1 N–H and O–H groups in total. The molecular weight excluding hydrogens is 354 g/mol. The lowest BCUT2D eigenvalue weighted by atomic mass is 9.97. The molecule has 7 heteroatoms. The van der Waals surface area contributed by atoms with Crippen molar-refractivity contribution in [2.24, 2.45) is 13.0 Å². The second-order valence-corrected chi connectivity index (χ2v) is 7.57. The summed E-state index contributed by atoms with van der Waals surface area (Å²) < 4.78 is 1.87. The van der Waals surface area contributed by atoms with Gasteiger partial charge in [0.05, 0.1) is 11.3 Å². The summed E-state index contributed by atoms with van der Waals surface area (Å²) in [4.78, 5) is 30.8. The minimum atomic E-state index is -0.112. The predicted molar refractivity (Wildman–Crippen MR) is 107 cm³/mol. The van der Waals surface area contributed by atoms with Crippen LogP contribution in [-0.2, 0) is 18.3 Å². The number of carbonyl (C=O) groups excluding carboxylic acids is 2. The Labute approximate surface area is 166 Å². The number of aromatic nitrogens is 3. The van der Waals surface area contributed by atoms with Gasteiger partial charge in [0, 0.05) is 51.2 Å². The van der Waals surface area contributed by atoms with E-state index in [1.165, 1.54) is 5.56 Å². The van der Waals surface area contributed by atoms with Gasteiger partial charge < -0.3 is 10.2 Å². The molecule has 0 bridgehead atoms. The summed E-state index contributed by atoms with van der Waals surface area (Å²) in [6, 6.07) is 3.50. The molecule has 150 valence electrons. The van der Waals surface area contributed by atoms with Crippen LogP contribution in [0.5, 0.6) is 0 Å². The van der Waals surface area contributed by atoms with Crippen LogP contribution in [0.3, 0.4) is 0 Å². The standard InChI is InChI=1S/C21H29N5O2/c1-15-19(16(2)25(3)24-15)8-9-20(27)26-11-5-6-17(14-26)12-23-21(28)18-7-4-10-22-13-18/h4,7,10,13,17H,5-6,8-9,11-12,14H2,1-3H3,(H,23,28)/t17-/m1/s1. The molecule has 0 spiro atoms. The van der Waals surface area contributed by atoms with E-state index in [9.17, 15) is 9.59 Å². The van der Waals surface area contributed by atoms with E-state index < -0.39 is 0 Å². The van der Waals surface area contributed by atoms with Crippen LogP contribution in [0.25, 0.3) is 0 Å². The first-order valence-electron chi connectivity index (χ1n) is 9.90. The van der Waals surface area contributed by atoms with Crippen LogP contribution < -0.4 is 5.32 Å². The van der Waals surface area contributed by atoms with Crippen LogP contribution in [-0.4, -0.2) is 51.1 Å². The quantitative estimate of drug-likeness (QED) is 0.828. The number of carbonyl (C=O) groups is 2. The number of amides is 2. The topological polar surface area (TPSA) is 80.1 Å². The molecular formula is C21H29N5O2. The highest BCUT2D eigenvalue weighted by Crippen LogP contribution is 2.19. The molecule has 0 unspecified atom stereocenters. The highest BCUT2D eigenvalue weighted by Gasteiger charge is 2.24. The molecule has 1 aliphatic rings. The average molecular weight is 383 g/mol. The first-order chi connectivity index (χ1) is 13.5. The Balaban J connectivity index is 1.48. The molecule has 1 aliphatic heterocycles. The zero-order valence-corrected chi connectivity index (χ0v) is 16.9. The molecule has 2 amide bonds. The van der Waals surface area contributed by atoms with Gasteiger partial charge in [-0.15, -0.1) is 0 Å². The van der Waals surface area contributed by atoms with Crippen molar-refractivity contribution in [3.63, 3.8) is 0 Å². The van der Waals surface area contributed by atoms with Crippen molar-refractivity contribution in [2.75, 3.05) is 19.6 Å². The van der Waals surface area contributed by atoms with Crippen LogP contribution in [0.1, 0.15) is 46.6 Å². The number of piperidine rings is 1. The van der Waals surface area contributed by atoms with Crippen LogP contribution in [0, 0.1) is 19.8 Å². The fourth-order valence-corrected chi connectivity index (χ4v) is 3.86.